The van der Waals surface area contributed by atoms with Crippen LogP contribution in [0.25, 0.3) is 0 Å². The molecule has 0 aliphatic carbocycles. The zero-order valence-electron chi connectivity index (χ0n) is 8.64. The second-order valence-corrected chi connectivity index (χ2v) is 3.22. The molecule has 1 N–H and O–H groups in total. The van der Waals surface area contributed by atoms with Crippen LogP contribution in [0, 0.1) is 12.7 Å². The molecule has 0 atom stereocenters. The van der Waals surface area contributed by atoms with Gasteiger partial charge < -0.3 is 10.1 Å². The highest BCUT2D eigenvalue weighted by Crippen LogP contribution is 2.15. The molecular weight excluding hydrogens is 181 g/mol. The number of hydrogen-bond acceptors (Lipinski definition) is 2. The van der Waals surface area contributed by atoms with Crippen molar-refractivity contribution >= 4 is 0 Å². The van der Waals surface area contributed by atoms with Gasteiger partial charge in [0.1, 0.15) is 11.6 Å². The number of nitrogens with one attached hydrogen (secondary N) is 1. The molecule has 0 bridgehead atoms. The van der Waals surface area contributed by atoms with Crippen LogP contribution in [0.15, 0.2) is 18.2 Å². The molecule has 1 aromatic carbocycles. The van der Waals surface area contributed by atoms with Gasteiger partial charge in [-0.2, -0.15) is 0 Å². The fraction of sp³-hybridized carbons (Fsp3) is 0.455. The summed E-state index contributed by atoms with van der Waals surface area (Å²) in [4.78, 5) is 0. The molecule has 1 aromatic rings. The van der Waals surface area contributed by atoms with Crippen LogP contribution in [0.2, 0.25) is 0 Å². The molecule has 0 unspecified atom stereocenters. The van der Waals surface area contributed by atoms with Crippen LogP contribution in [-0.4, -0.2) is 20.2 Å². The largest absolute Gasteiger partial charge is 0.494 e. The van der Waals surface area contributed by atoms with E-state index in [1.165, 1.54) is 6.07 Å². The summed E-state index contributed by atoms with van der Waals surface area (Å²) in [7, 11) is 1.90. The topological polar surface area (TPSA) is 21.3 Å². The summed E-state index contributed by atoms with van der Waals surface area (Å²) in [6.07, 6.45) is 0.951. The molecule has 0 saturated carbocycles. The van der Waals surface area contributed by atoms with Crippen LogP contribution in [0.1, 0.15) is 12.0 Å². The Morgan fingerprint density at radius 3 is 2.86 bits per heavy atom. The Bertz CT molecular complexity index is 289. The Morgan fingerprint density at radius 2 is 2.21 bits per heavy atom. The predicted molar refractivity (Wildman–Crippen MR) is 55.2 cm³/mol. The molecule has 0 saturated heterocycles. The van der Waals surface area contributed by atoms with Gasteiger partial charge in [0.05, 0.1) is 6.61 Å². The van der Waals surface area contributed by atoms with Gasteiger partial charge in [0, 0.05) is 0 Å². The van der Waals surface area contributed by atoms with E-state index in [9.17, 15) is 4.39 Å². The Hall–Kier alpha value is -1.09. The highest BCUT2D eigenvalue weighted by Gasteiger charge is 1.98. The third-order valence-electron chi connectivity index (χ3n) is 1.97. The summed E-state index contributed by atoms with van der Waals surface area (Å²) >= 11 is 0. The Morgan fingerprint density at radius 1 is 1.43 bits per heavy atom. The van der Waals surface area contributed by atoms with E-state index in [1.807, 2.05) is 7.05 Å². The van der Waals surface area contributed by atoms with Crippen LogP contribution in [0.3, 0.4) is 0 Å². The lowest BCUT2D eigenvalue weighted by Crippen LogP contribution is -2.11. The van der Waals surface area contributed by atoms with Crippen LogP contribution in [-0.2, 0) is 0 Å². The SMILES string of the molecule is CNCCCOc1ccc(F)c(C)c1. The maximum Gasteiger partial charge on any atom is 0.126 e. The average Bonchev–Trinajstić information content (AvgIpc) is 2.18. The first kappa shape index (κ1) is 11.0. The van der Waals surface area contributed by atoms with Gasteiger partial charge in [-0.25, -0.2) is 4.39 Å². The van der Waals surface area contributed by atoms with Crippen molar-refractivity contribution in [2.45, 2.75) is 13.3 Å². The van der Waals surface area contributed by atoms with Gasteiger partial charge in [0.25, 0.3) is 0 Å². The number of hydrogen-bond donors (Lipinski definition) is 1. The van der Waals surface area contributed by atoms with Crippen molar-refractivity contribution in [3.63, 3.8) is 0 Å². The molecule has 0 spiro atoms. The van der Waals surface area contributed by atoms with E-state index >= 15 is 0 Å². The van der Waals surface area contributed by atoms with Gasteiger partial charge in [-0.3, -0.25) is 0 Å². The second-order valence-electron chi connectivity index (χ2n) is 3.22. The van der Waals surface area contributed by atoms with Crippen molar-refractivity contribution in [2.75, 3.05) is 20.2 Å². The van der Waals surface area contributed by atoms with Crippen molar-refractivity contribution < 1.29 is 9.13 Å². The molecule has 0 heterocycles. The lowest BCUT2D eigenvalue weighted by molar-refractivity contribution is 0.309. The second kappa shape index (κ2) is 5.60. The lowest BCUT2D eigenvalue weighted by atomic mass is 10.2. The first-order chi connectivity index (χ1) is 6.74. The minimum absolute atomic E-state index is 0.187. The molecule has 0 amide bonds. The normalized spacial score (nSPS) is 10.2. The van der Waals surface area contributed by atoms with Gasteiger partial charge in [0.2, 0.25) is 0 Å². The molecule has 1 rings (SSSR count). The third kappa shape index (κ3) is 3.34. The Balaban J connectivity index is 2.39. The van der Waals surface area contributed by atoms with Gasteiger partial charge in [-0.05, 0) is 50.7 Å². The van der Waals surface area contributed by atoms with Crippen LogP contribution < -0.4 is 10.1 Å². The van der Waals surface area contributed by atoms with Crippen molar-refractivity contribution in [3.8, 4) is 5.75 Å². The molecule has 0 radical (unpaired) electrons. The van der Waals surface area contributed by atoms with Gasteiger partial charge in [0.15, 0.2) is 0 Å². The average molecular weight is 197 g/mol. The van der Waals surface area contributed by atoms with Crippen molar-refractivity contribution in [1.82, 2.24) is 5.32 Å². The zero-order chi connectivity index (χ0) is 10.4. The van der Waals surface area contributed by atoms with Crippen LogP contribution in [0.4, 0.5) is 4.39 Å². The maximum atomic E-state index is 12.9. The number of halogens is 1. The van der Waals surface area contributed by atoms with E-state index in [4.69, 9.17) is 4.74 Å². The number of ether oxygens (including phenoxy) is 1. The van der Waals surface area contributed by atoms with E-state index in [1.54, 1.807) is 19.1 Å². The molecule has 3 heteroatoms. The van der Waals surface area contributed by atoms with Crippen LogP contribution >= 0.6 is 0 Å². The molecule has 2 nitrogen and oxygen atoms in total. The first-order valence-electron chi connectivity index (χ1n) is 4.77. The van der Waals surface area contributed by atoms with Crippen molar-refractivity contribution in [1.29, 1.82) is 0 Å². The van der Waals surface area contributed by atoms with Gasteiger partial charge in [-0.15, -0.1) is 0 Å². The summed E-state index contributed by atoms with van der Waals surface area (Å²) in [5, 5.41) is 3.03. The van der Waals surface area contributed by atoms with Gasteiger partial charge >= 0.3 is 0 Å². The third-order valence-corrected chi connectivity index (χ3v) is 1.97. The van der Waals surface area contributed by atoms with E-state index in [-0.39, 0.29) is 5.82 Å². The van der Waals surface area contributed by atoms with E-state index in [2.05, 4.69) is 5.32 Å². The fourth-order valence-corrected chi connectivity index (χ4v) is 1.15. The first-order valence-corrected chi connectivity index (χ1v) is 4.77. The zero-order valence-corrected chi connectivity index (χ0v) is 8.64. The number of aryl methyl sites for hydroxylation is 1. The smallest absolute Gasteiger partial charge is 0.126 e. The van der Waals surface area contributed by atoms with E-state index in [0.717, 1.165) is 18.7 Å². The summed E-state index contributed by atoms with van der Waals surface area (Å²) in [5.41, 5.74) is 0.621. The molecule has 0 fully saturated rings. The fourth-order valence-electron chi connectivity index (χ4n) is 1.15. The van der Waals surface area contributed by atoms with E-state index in [0.29, 0.717) is 12.2 Å². The van der Waals surface area contributed by atoms with Crippen molar-refractivity contribution in [3.05, 3.63) is 29.6 Å². The predicted octanol–water partition coefficient (Wildman–Crippen LogP) is 2.12. The van der Waals surface area contributed by atoms with Gasteiger partial charge in [-0.1, -0.05) is 0 Å². The summed E-state index contributed by atoms with van der Waals surface area (Å²) < 4.78 is 18.3. The summed E-state index contributed by atoms with van der Waals surface area (Å²) in [6, 6.07) is 4.80. The molecule has 78 valence electrons. The highest BCUT2D eigenvalue weighted by atomic mass is 19.1. The highest BCUT2D eigenvalue weighted by molar-refractivity contribution is 5.28. The molecule has 0 aliphatic rings. The quantitative estimate of drug-likeness (QED) is 0.730. The minimum Gasteiger partial charge on any atom is -0.494 e. The molecule has 0 aromatic heterocycles. The monoisotopic (exact) mass is 197 g/mol. The number of rotatable bonds is 5. The minimum atomic E-state index is -0.187. The Labute approximate surface area is 84.1 Å². The standard InChI is InChI=1S/C11H16FNO/c1-9-8-10(4-5-11(9)12)14-7-3-6-13-2/h4-5,8,13H,3,6-7H2,1-2H3. The van der Waals surface area contributed by atoms with E-state index < -0.39 is 0 Å². The maximum absolute atomic E-state index is 12.9. The van der Waals surface area contributed by atoms with Crippen LogP contribution in [0.5, 0.6) is 5.75 Å². The summed E-state index contributed by atoms with van der Waals surface area (Å²) in [6.45, 7) is 3.32. The lowest BCUT2D eigenvalue weighted by Gasteiger charge is -2.06. The summed E-state index contributed by atoms with van der Waals surface area (Å²) in [5.74, 6) is 0.549. The molecule has 14 heavy (non-hydrogen) atoms. The molecular formula is C11H16FNO. The molecule has 0 aliphatic heterocycles. The number of benzene rings is 1. The Kier molecular flexibility index (Phi) is 4.40. The van der Waals surface area contributed by atoms with Crippen molar-refractivity contribution in [2.24, 2.45) is 0 Å².